The monoisotopic (exact) mass is 376 g/mol. The van der Waals surface area contributed by atoms with Crippen LogP contribution in [-0.4, -0.2) is 39.2 Å². The fourth-order valence-electron chi connectivity index (χ4n) is 7.30. The normalized spacial score (nSPS) is 54.0. The summed E-state index contributed by atoms with van der Waals surface area (Å²) in [6, 6.07) is 0. The molecule has 4 rings (SSSR count). The van der Waals surface area contributed by atoms with Gasteiger partial charge in [-0.15, -0.1) is 0 Å². The smallest absolute Gasteiger partial charge is 0.178 e. The van der Waals surface area contributed by atoms with Gasteiger partial charge in [0.25, 0.3) is 0 Å². The van der Waals surface area contributed by atoms with Crippen molar-refractivity contribution in [2.75, 3.05) is 0 Å². The number of hydrogen-bond acceptors (Lipinski definition) is 4. The molecule has 0 aromatic heterocycles. The minimum atomic E-state index is -1.92. The molecule has 5 heteroatoms. The summed E-state index contributed by atoms with van der Waals surface area (Å²) < 4.78 is 16.8. The quantitative estimate of drug-likeness (QED) is 0.738. The second kappa shape index (κ2) is 5.38. The van der Waals surface area contributed by atoms with Crippen LogP contribution in [0.3, 0.4) is 0 Å². The lowest BCUT2D eigenvalue weighted by atomic mass is 9.44. The number of fused-ring (bicyclic) bond motifs is 5. The highest BCUT2D eigenvalue weighted by Crippen LogP contribution is 2.70. The Kier molecular flexibility index (Phi) is 3.79. The van der Waals surface area contributed by atoms with Gasteiger partial charge in [0.2, 0.25) is 0 Å². The minimum Gasteiger partial charge on any atom is -0.390 e. The molecule has 0 heterocycles. The van der Waals surface area contributed by atoms with Crippen LogP contribution in [0.15, 0.2) is 23.8 Å². The first-order valence-corrected chi connectivity index (χ1v) is 9.97. The molecule has 3 fully saturated rings. The van der Waals surface area contributed by atoms with Gasteiger partial charge in [0.15, 0.2) is 17.2 Å². The Balaban J connectivity index is 1.85. The second-order valence-corrected chi connectivity index (χ2v) is 9.72. The number of aliphatic hydroxyl groups is 2. The first-order valence-electron chi connectivity index (χ1n) is 9.97. The van der Waals surface area contributed by atoms with Crippen LogP contribution in [0.1, 0.15) is 53.4 Å². The van der Waals surface area contributed by atoms with Gasteiger partial charge in [-0.25, -0.2) is 4.39 Å². The van der Waals surface area contributed by atoms with E-state index in [0.29, 0.717) is 19.3 Å². The summed E-state index contributed by atoms with van der Waals surface area (Å²) in [6.07, 6.45) is 4.93. The third-order valence-electron chi connectivity index (χ3n) is 8.76. The van der Waals surface area contributed by atoms with Crippen LogP contribution in [0, 0.1) is 28.6 Å². The molecule has 8 atom stereocenters. The average molecular weight is 376 g/mol. The number of Topliss-reactive ketones (excluding diaryl/α,β-unsaturated/α-hetero) is 1. The molecular weight excluding hydrogens is 347 g/mol. The van der Waals surface area contributed by atoms with Crippen LogP contribution in [0.4, 0.5) is 4.39 Å². The van der Waals surface area contributed by atoms with Crippen molar-refractivity contribution in [2.45, 2.75) is 70.8 Å². The van der Waals surface area contributed by atoms with E-state index in [9.17, 15) is 19.8 Å². The molecule has 0 aliphatic heterocycles. The number of carbonyl (C=O) groups is 2. The van der Waals surface area contributed by atoms with E-state index < -0.39 is 34.1 Å². The third-order valence-corrected chi connectivity index (χ3v) is 8.76. The van der Waals surface area contributed by atoms with Crippen LogP contribution < -0.4 is 0 Å². The summed E-state index contributed by atoms with van der Waals surface area (Å²) in [6.45, 7) is 6.87. The molecule has 2 N–H and O–H groups in total. The van der Waals surface area contributed by atoms with Gasteiger partial charge in [-0.3, -0.25) is 9.59 Å². The summed E-state index contributed by atoms with van der Waals surface area (Å²) in [4.78, 5) is 24.3. The van der Waals surface area contributed by atoms with Crippen molar-refractivity contribution in [2.24, 2.45) is 28.6 Å². The maximum atomic E-state index is 16.8. The molecule has 0 saturated heterocycles. The van der Waals surface area contributed by atoms with Gasteiger partial charge in [-0.1, -0.05) is 25.5 Å². The molecule has 0 aromatic carbocycles. The van der Waals surface area contributed by atoms with Gasteiger partial charge >= 0.3 is 0 Å². The van der Waals surface area contributed by atoms with Gasteiger partial charge in [-0.2, -0.15) is 0 Å². The zero-order valence-corrected chi connectivity index (χ0v) is 16.5. The highest BCUT2D eigenvalue weighted by atomic mass is 19.1. The molecular formula is C22H29FO4. The van der Waals surface area contributed by atoms with Crippen molar-refractivity contribution >= 4 is 11.6 Å². The Morgan fingerprint density at radius 2 is 1.96 bits per heavy atom. The van der Waals surface area contributed by atoms with Crippen molar-refractivity contribution < 1.29 is 24.2 Å². The van der Waals surface area contributed by atoms with E-state index in [4.69, 9.17) is 0 Å². The van der Waals surface area contributed by atoms with E-state index in [2.05, 4.69) is 0 Å². The van der Waals surface area contributed by atoms with Crippen molar-refractivity contribution in [1.82, 2.24) is 0 Å². The number of allylic oxidation sites excluding steroid dienone is 4. The Hall–Kier alpha value is -1.33. The number of ketones is 2. The second-order valence-electron chi connectivity index (χ2n) is 9.72. The lowest BCUT2D eigenvalue weighted by molar-refractivity contribution is -0.218. The summed E-state index contributed by atoms with van der Waals surface area (Å²) in [5.41, 5.74) is -4.62. The predicted octanol–water partition coefficient (Wildman–Crippen LogP) is 2.92. The van der Waals surface area contributed by atoms with E-state index in [1.807, 2.05) is 13.8 Å². The number of rotatable bonds is 1. The molecule has 0 amide bonds. The number of halogens is 1. The van der Waals surface area contributed by atoms with Crippen molar-refractivity contribution in [3.8, 4) is 0 Å². The summed E-state index contributed by atoms with van der Waals surface area (Å²) in [7, 11) is 0. The van der Waals surface area contributed by atoms with Gasteiger partial charge in [0, 0.05) is 16.7 Å². The average Bonchev–Trinajstić information content (AvgIpc) is 2.79. The maximum Gasteiger partial charge on any atom is 0.178 e. The van der Waals surface area contributed by atoms with E-state index >= 15 is 4.39 Å². The van der Waals surface area contributed by atoms with E-state index in [1.165, 1.54) is 19.1 Å². The zero-order chi connectivity index (χ0) is 20.0. The van der Waals surface area contributed by atoms with Crippen LogP contribution >= 0.6 is 0 Å². The number of aliphatic hydroxyl groups excluding tert-OH is 1. The van der Waals surface area contributed by atoms with Crippen LogP contribution in [0.5, 0.6) is 0 Å². The van der Waals surface area contributed by atoms with Crippen molar-refractivity contribution in [1.29, 1.82) is 0 Å². The van der Waals surface area contributed by atoms with E-state index in [1.54, 1.807) is 13.0 Å². The molecule has 4 aliphatic rings. The molecule has 4 aliphatic carbocycles. The van der Waals surface area contributed by atoms with Gasteiger partial charge in [0.05, 0.1) is 6.10 Å². The fraction of sp³-hybridized carbons (Fsp3) is 0.727. The zero-order valence-electron chi connectivity index (χ0n) is 16.5. The minimum absolute atomic E-state index is 0.0374. The first kappa shape index (κ1) is 19.0. The summed E-state index contributed by atoms with van der Waals surface area (Å²) in [5.74, 6) is -1.39. The molecule has 0 bridgehead atoms. The molecule has 1 unspecified atom stereocenters. The van der Waals surface area contributed by atoms with Gasteiger partial charge < -0.3 is 10.2 Å². The Morgan fingerprint density at radius 3 is 2.59 bits per heavy atom. The summed E-state index contributed by atoms with van der Waals surface area (Å²) >= 11 is 0. The van der Waals surface area contributed by atoms with Crippen LogP contribution in [-0.2, 0) is 9.59 Å². The number of alkyl halides is 1. The lowest BCUT2D eigenvalue weighted by Crippen LogP contribution is -2.69. The fourth-order valence-corrected chi connectivity index (χ4v) is 7.30. The molecule has 4 nitrogen and oxygen atoms in total. The van der Waals surface area contributed by atoms with Crippen molar-refractivity contribution in [3.05, 3.63) is 23.8 Å². The highest BCUT2D eigenvalue weighted by molar-refractivity contribution is 6.01. The third kappa shape index (κ3) is 1.95. The van der Waals surface area contributed by atoms with Crippen LogP contribution in [0.2, 0.25) is 0 Å². The predicted molar refractivity (Wildman–Crippen MR) is 98.5 cm³/mol. The topological polar surface area (TPSA) is 74.6 Å². The van der Waals surface area contributed by atoms with E-state index in [-0.39, 0.29) is 29.8 Å². The summed E-state index contributed by atoms with van der Waals surface area (Å²) in [5, 5.41) is 22.5. The molecule has 3 saturated carbocycles. The Bertz CT molecular complexity index is 787. The molecule has 0 radical (unpaired) electrons. The number of hydrogen-bond donors (Lipinski definition) is 2. The molecule has 148 valence electrons. The Labute approximate surface area is 159 Å². The van der Waals surface area contributed by atoms with Crippen molar-refractivity contribution in [3.63, 3.8) is 0 Å². The molecule has 0 spiro atoms. The lowest BCUT2D eigenvalue weighted by Gasteiger charge is -2.62. The Morgan fingerprint density at radius 1 is 1.30 bits per heavy atom. The number of carbonyl (C=O) groups excluding carboxylic acids is 2. The van der Waals surface area contributed by atoms with Crippen LogP contribution in [0.25, 0.3) is 0 Å². The first-order chi connectivity index (χ1) is 12.4. The van der Waals surface area contributed by atoms with E-state index in [0.717, 1.165) is 5.57 Å². The standard InChI is InChI=1S/C22H29FO4/c1-12-9-17-16-6-5-14-10-15(25)7-8-19(14,3)21(16,23)18(26)11-20(17,4)22(12,27)13(2)24/h7-8,10,12,16-18,26-27H,5-6,9,11H2,1-4H3/t12-,16?,17+,18+,19+,20+,21+,22+/m1/s1. The largest absolute Gasteiger partial charge is 0.390 e. The van der Waals surface area contributed by atoms with Gasteiger partial charge in [0.1, 0.15) is 5.60 Å². The highest BCUT2D eigenvalue weighted by Gasteiger charge is 2.75. The maximum absolute atomic E-state index is 16.8. The SMILES string of the molecule is CC(=O)[C@@]1(O)[C@H](C)C[C@H]2C3CCC4=CC(=O)C=C[C@]4(C)[C@@]3(F)[C@@H](O)C[C@@]21C. The molecule has 27 heavy (non-hydrogen) atoms. The van der Waals surface area contributed by atoms with Gasteiger partial charge in [-0.05, 0) is 63.5 Å². The molecule has 0 aromatic rings.